The third kappa shape index (κ3) is 3.54. The number of pyridine rings is 1. The highest BCUT2D eigenvalue weighted by molar-refractivity contribution is 7.98. The monoisotopic (exact) mass is 356 g/mol. The molecule has 6 heteroatoms. The molecule has 1 aliphatic rings. The first-order chi connectivity index (χ1) is 12.2. The molecule has 3 rings (SSSR count). The van der Waals surface area contributed by atoms with Crippen LogP contribution in [0.15, 0.2) is 34.1 Å². The van der Waals surface area contributed by atoms with Crippen molar-refractivity contribution in [3.05, 3.63) is 62.4 Å². The second-order valence-electron chi connectivity index (χ2n) is 5.94. The van der Waals surface area contributed by atoms with Gasteiger partial charge in [0, 0.05) is 12.0 Å². The second-order valence-corrected chi connectivity index (χ2v) is 6.93. The minimum absolute atomic E-state index is 0.209. The number of benzene rings is 1. The van der Waals surface area contributed by atoms with Crippen LogP contribution in [0.1, 0.15) is 45.5 Å². The van der Waals surface area contributed by atoms with E-state index in [1.54, 1.807) is 6.07 Å². The van der Waals surface area contributed by atoms with Crippen LogP contribution in [0.5, 0.6) is 0 Å². The number of esters is 1. The Balaban J connectivity index is 1.93. The van der Waals surface area contributed by atoms with Crippen molar-refractivity contribution in [2.75, 3.05) is 7.11 Å². The van der Waals surface area contributed by atoms with Gasteiger partial charge in [0.1, 0.15) is 0 Å². The number of aromatic nitrogens is 1. The van der Waals surface area contributed by atoms with Gasteiger partial charge in [0.2, 0.25) is 0 Å². The summed E-state index contributed by atoms with van der Waals surface area (Å²) < 4.78 is 4.84. The molecule has 1 aromatic heterocycles. The Morgan fingerprint density at radius 3 is 2.72 bits per heavy atom. The Morgan fingerprint density at radius 1 is 1.28 bits per heavy atom. The maximum Gasteiger partial charge on any atom is 0.338 e. The molecule has 25 heavy (non-hydrogen) atoms. The molecule has 2 N–H and O–H groups in total. The van der Waals surface area contributed by atoms with Crippen molar-refractivity contribution in [2.45, 2.75) is 36.5 Å². The number of nitrogens with one attached hydrogen (secondary N) is 2. The first-order valence-electron chi connectivity index (χ1n) is 8.23. The summed E-state index contributed by atoms with van der Waals surface area (Å²) in [7, 11) is 1.37. The molecule has 0 bridgehead atoms. The molecule has 0 radical (unpaired) electrons. The average molecular weight is 356 g/mol. The molecule has 1 aromatic carbocycles. The average Bonchev–Trinajstić information content (AvgIpc) is 2.65. The molecule has 1 aliphatic carbocycles. The molecule has 0 fully saturated rings. The fourth-order valence-electron chi connectivity index (χ4n) is 3.22. The number of rotatable bonds is 5. The summed E-state index contributed by atoms with van der Waals surface area (Å²) in [6.45, 7) is 0. The molecule has 0 saturated carbocycles. The number of methoxy groups -OCH3 is 1. The summed E-state index contributed by atoms with van der Waals surface area (Å²) in [6.07, 6.45) is 5.05. The van der Waals surface area contributed by atoms with Crippen molar-refractivity contribution in [3.63, 3.8) is 0 Å². The number of thioether (sulfide) groups is 1. The molecular formula is C19H20N2O3S. The van der Waals surface area contributed by atoms with E-state index in [1.165, 1.54) is 18.9 Å². The Labute approximate surface area is 150 Å². The van der Waals surface area contributed by atoms with Crippen molar-refractivity contribution in [3.8, 4) is 0 Å². The van der Waals surface area contributed by atoms with Gasteiger partial charge in [-0.25, -0.2) is 4.79 Å². The Bertz CT molecular complexity index is 873. The van der Waals surface area contributed by atoms with Crippen molar-refractivity contribution in [1.29, 1.82) is 5.41 Å². The topological polar surface area (TPSA) is 83.0 Å². The van der Waals surface area contributed by atoms with Crippen LogP contribution in [0, 0.1) is 5.41 Å². The summed E-state index contributed by atoms with van der Waals surface area (Å²) in [4.78, 5) is 27.1. The highest BCUT2D eigenvalue weighted by Gasteiger charge is 2.20. The van der Waals surface area contributed by atoms with E-state index in [0.29, 0.717) is 16.9 Å². The molecule has 0 saturated heterocycles. The molecule has 1 heterocycles. The van der Waals surface area contributed by atoms with Crippen molar-refractivity contribution >= 4 is 23.9 Å². The Kier molecular flexibility index (Phi) is 5.38. The minimum atomic E-state index is -0.356. The third-order valence-electron chi connectivity index (χ3n) is 4.48. The lowest BCUT2D eigenvalue weighted by atomic mass is 9.90. The summed E-state index contributed by atoms with van der Waals surface area (Å²) >= 11 is 1.53. The van der Waals surface area contributed by atoms with Crippen LogP contribution in [-0.4, -0.2) is 24.3 Å². The zero-order valence-electron chi connectivity index (χ0n) is 14.1. The van der Waals surface area contributed by atoms with Gasteiger partial charge in [-0.2, -0.15) is 0 Å². The van der Waals surface area contributed by atoms with Gasteiger partial charge < -0.3 is 15.1 Å². The summed E-state index contributed by atoms with van der Waals surface area (Å²) in [5.41, 5.74) is 3.85. The van der Waals surface area contributed by atoms with E-state index >= 15 is 0 Å². The number of carbonyl (C=O) groups is 1. The summed E-state index contributed by atoms with van der Waals surface area (Å²) in [5.74, 6) is 0.211. The van der Waals surface area contributed by atoms with E-state index in [-0.39, 0.29) is 11.5 Å². The minimum Gasteiger partial charge on any atom is -0.465 e. The summed E-state index contributed by atoms with van der Waals surface area (Å²) in [5, 5.41) is 8.38. The molecule has 130 valence electrons. The molecule has 0 spiro atoms. The van der Waals surface area contributed by atoms with Gasteiger partial charge in [-0.3, -0.25) is 4.79 Å². The molecule has 0 aliphatic heterocycles. The van der Waals surface area contributed by atoms with Crippen molar-refractivity contribution in [1.82, 2.24) is 4.98 Å². The first-order valence-corrected chi connectivity index (χ1v) is 9.21. The number of ether oxygens (including phenoxy) is 1. The van der Waals surface area contributed by atoms with Crippen LogP contribution in [-0.2, 0) is 23.3 Å². The smallest absolute Gasteiger partial charge is 0.338 e. The van der Waals surface area contributed by atoms with E-state index in [9.17, 15) is 9.59 Å². The van der Waals surface area contributed by atoms with Crippen LogP contribution in [0.3, 0.4) is 0 Å². The van der Waals surface area contributed by atoms with Gasteiger partial charge in [-0.15, -0.1) is 11.8 Å². The summed E-state index contributed by atoms with van der Waals surface area (Å²) in [6, 6.07) is 7.34. The maximum absolute atomic E-state index is 12.3. The quantitative estimate of drug-likeness (QED) is 0.489. The number of H-pyrrole nitrogens is 1. The van der Waals surface area contributed by atoms with Gasteiger partial charge in [0.25, 0.3) is 5.56 Å². The molecular weight excluding hydrogens is 336 g/mol. The lowest BCUT2D eigenvalue weighted by Gasteiger charge is -2.20. The van der Waals surface area contributed by atoms with E-state index < -0.39 is 0 Å². The lowest BCUT2D eigenvalue weighted by Crippen LogP contribution is -2.21. The van der Waals surface area contributed by atoms with Gasteiger partial charge >= 0.3 is 5.97 Å². The SMILES string of the molecule is COC(=O)c1ccccc1CSc1[nH]c(=O)c(C=N)c2c1CCCC2. The number of aromatic amines is 1. The fraction of sp³-hybridized carbons (Fsp3) is 0.316. The van der Waals surface area contributed by atoms with Crippen molar-refractivity contribution < 1.29 is 9.53 Å². The van der Waals surface area contributed by atoms with Crippen LogP contribution in [0.25, 0.3) is 0 Å². The predicted molar refractivity (Wildman–Crippen MR) is 98.9 cm³/mol. The molecule has 0 amide bonds. The maximum atomic E-state index is 12.3. The van der Waals surface area contributed by atoms with Crippen LogP contribution < -0.4 is 5.56 Å². The van der Waals surface area contributed by atoms with Gasteiger partial charge in [0.15, 0.2) is 0 Å². The van der Waals surface area contributed by atoms with Crippen LogP contribution >= 0.6 is 11.8 Å². The van der Waals surface area contributed by atoms with E-state index in [1.807, 2.05) is 18.2 Å². The predicted octanol–water partition coefficient (Wildman–Crippen LogP) is 3.33. The fourth-order valence-corrected chi connectivity index (χ4v) is 4.33. The molecule has 5 nitrogen and oxygen atoms in total. The Morgan fingerprint density at radius 2 is 2.00 bits per heavy atom. The zero-order valence-corrected chi connectivity index (χ0v) is 14.9. The van der Waals surface area contributed by atoms with Gasteiger partial charge in [-0.1, -0.05) is 18.2 Å². The van der Waals surface area contributed by atoms with E-state index in [2.05, 4.69) is 4.98 Å². The van der Waals surface area contributed by atoms with E-state index in [0.717, 1.165) is 53.6 Å². The number of hydrogen-bond donors (Lipinski definition) is 2. The molecule has 0 atom stereocenters. The Hall–Kier alpha value is -2.34. The largest absolute Gasteiger partial charge is 0.465 e. The normalized spacial score (nSPS) is 13.2. The third-order valence-corrected chi connectivity index (χ3v) is 5.57. The van der Waals surface area contributed by atoms with Crippen LogP contribution in [0.4, 0.5) is 0 Å². The zero-order chi connectivity index (χ0) is 17.8. The second kappa shape index (κ2) is 7.70. The molecule has 0 unspecified atom stereocenters. The first kappa shape index (κ1) is 17.5. The number of carbonyl (C=O) groups excluding carboxylic acids is 1. The highest BCUT2D eigenvalue weighted by Crippen LogP contribution is 2.32. The van der Waals surface area contributed by atoms with E-state index in [4.69, 9.17) is 10.1 Å². The number of fused-ring (bicyclic) bond motifs is 1. The lowest BCUT2D eigenvalue weighted by molar-refractivity contribution is 0.0600. The number of hydrogen-bond acceptors (Lipinski definition) is 5. The van der Waals surface area contributed by atoms with Crippen molar-refractivity contribution in [2.24, 2.45) is 0 Å². The van der Waals surface area contributed by atoms with Gasteiger partial charge in [0.05, 0.1) is 23.3 Å². The van der Waals surface area contributed by atoms with Crippen LogP contribution in [0.2, 0.25) is 0 Å². The molecule has 2 aromatic rings. The van der Waals surface area contributed by atoms with Gasteiger partial charge in [-0.05, 0) is 48.4 Å². The highest BCUT2D eigenvalue weighted by atomic mass is 32.2. The standard InChI is InChI=1S/C19H20N2O3S/c1-24-19(23)13-7-3-2-6-12(13)11-25-18-15-9-5-4-8-14(15)16(10-20)17(22)21-18/h2-3,6-7,10,20H,4-5,8-9,11H2,1H3,(H,21,22).